The Kier molecular flexibility index (Phi) is 7.10. The van der Waals surface area contributed by atoms with Gasteiger partial charge >= 0.3 is 12.1 Å². The molecule has 2 unspecified atom stereocenters. The second-order valence-corrected chi connectivity index (χ2v) is 9.97. The highest BCUT2D eigenvalue weighted by Crippen LogP contribution is 2.31. The van der Waals surface area contributed by atoms with E-state index in [1.165, 1.54) is 5.56 Å². The summed E-state index contributed by atoms with van der Waals surface area (Å²) in [5.41, 5.74) is 1.22. The Morgan fingerprint density at radius 3 is 2.40 bits per heavy atom. The fourth-order valence-electron chi connectivity index (χ4n) is 5.86. The normalized spacial score (nSPS) is 26.1. The van der Waals surface area contributed by atoms with Crippen LogP contribution in [0.15, 0.2) is 24.3 Å². The van der Waals surface area contributed by atoms with E-state index in [4.69, 9.17) is 9.57 Å². The van der Waals surface area contributed by atoms with Crippen LogP contribution >= 0.6 is 0 Å². The number of hydroxylamine groups is 2. The maximum absolute atomic E-state index is 13.2. The van der Waals surface area contributed by atoms with Crippen LogP contribution in [0.2, 0.25) is 0 Å². The number of piperazine rings is 1. The van der Waals surface area contributed by atoms with Gasteiger partial charge in [-0.3, -0.25) is 4.79 Å². The third-order valence-electron chi connectivity index (χ3n) is 7.90. The number of nitrogens with zero attached hydrogens (tertiary/aromatic N) is 3. The molecule has 4 amide bonds. The second kappa shape index (κ2) is 10.4. The number of carbonyl (C=O) groups is 3. The third kappa shape index (κ3) is 4.95. The quantitative estimate of drug-likeness (QED) is 0.614. The van der Waals surface area contributed by atoms with Crippen LogP contribution in [-0.2, 0) is 9.63 Å². The molecule has 190 valence electrons. The molecule has 2 atom stereocenters. The molecule has 1 aromatic carbocycles. The Bertz CT molecular complexity index is 927. The van der Waals surface area contributed by atoms with Gasteiger partial charge in [0.2, 0.25) is 0 Å². The van der Waals surface area contributed by atoms with E-state index in [0.29, 0.717) is 43.1 Å². The Labute approximate surface area is 205 Å². The van der Waals surface area contributed by atoms with E-state index >= 15 is 0 Å². The van der Waals surface area contributed by atoms with Crippen molar-refractivity contribution in [3.05, 3.63) is 29.8 Å². The number of urea groups is 1. The molecule has 0 aliphatic carbocycles. The lowest BCUT2D eigenvalue weighted by Crippen LogP contribution is -2.57. The zero-order chi connectivity index (χ0) is 24.4. The van der Waals surface area contributed by atoms with Crippen molar-refractivity contribution in [1.29, 1.82) is 0 Å². The Hall–Kier alpha value is -2.85. The van der Waals surface area contributed by atoms with Crippen LogP contribution in [0.4, 0.5) is 9.59 Å². The molecule has 0 spiro atoms. The van der Waals surface area contributed by atoms with Crippen molar-refractivity contribution >= 4 is 18.0 Å². The number of imide groups is 1. The first-order valence-electron chi connectivity index (χ1n) is 12.7. The number of nitrogens with one attached hydrogen (secondary N) is 2. The highest BCUT2D eigenvalue weighted by molar-refractivity contribution is 6.04. The lowest BCUT2D eigenvalue weighted by Gasteiger charge is -2.38. The molecule has 4 fully saturated rings. The Morgan fingerprint density at radius 1 is 1.00 bits per heavy atom. The molecule has 4 aliphatic rings. The lowest BCUT2D eigenvalue weighted by molar-refractivity contribution is -0.152. The molecule has 10 nitrogen and oxygen atoms in total. The number of hydrogen-bond acceptors (Lipinski definition) is 7. The number of piperidine rings is 2. The molecule has 0 saturated carbocycles. The summed E-state index contributed by atoms with van der Waals surface area (Å²) < 4.78 is 5.23. The number of rotatable bonds is 5. The van der Waals surface area contributed by atoms with Gasteiger partial charge in [-0.15, -0.1) is 0 Å². The van der Waals surface area contributed by atoms with Gasteiger partial charge in [-0.1, -0.05) is 17.2 Å². The fraction of sp³-hybridized carbons (Fsp3) is 0.640. The van der Waals surface area contributed by atoms with Crippen LogP contribution < -0.4 is 15.4 Å². The average Bonchev–Trinajstić information content (AvgIpc) is 3.15. The summed E-state index contributed by atoms with van der Waals surface area (Å²) in [5.74, 6) is 1.22. The minimum absolute atomic E-state index is 0.0720. The van der Waals surface area contributed by atoms with Crippen LogP contribution in [0.25, 0.3) is 0 Å². The van der Waals surface area contributed by atoms with Crippen LogP contribution in [0.1, 0.15) is 43.6 Å². The van der Waals surface area contributed by atoms with Crippen molar-refractivity contribution in [2.45, 2.75) is 50.1 Å². The van der Waals surface area contributed by atoms with E-state index in [2.05, 4.69) is 22.8 Å². The predicted molar refractivity (Wildman–Crippen MR) is 128 cm³/mol. The van der Waals surface area contributed by atoms with Crippen molar-refractivity contribution in [2.75, 3.05) is 46.4 Å². The van der Waals surface area contributed by atoms with Gasteiger partial charge in [-0.2, -0.15) is 0 Å². The van der Waals surface area contributed by atoms with Crippen LogP contribution in [0.5, 0.6) is 5.75 Å². The van der Waals surface area contributed by atoms with Gasteiger partial charge in [0.1, 0.15) is 11.8 Å². The molecule has 1 aromatic rings. The van der Waals surface area contributed by atoms with Gasteiger partial charge in [0.05, 0.1) is 7.11 Å². The van der Waals surface area contributed by atoms with Gasteiger partial charge in [0.15, 0.2) is 0 Å². The summed E-state index contributed by atoms with van der Waals surface area (Å²) >= 11 is 0. The number of amides is 4. The number of carbonyl (C=O) groups excluding carboxylic acids is 3. The smallest absolute Gasteiger partial charge is 0.434 e. The zero-order valence-corrected chi connectivity index (χ0v) is 20.3. The van der Waals surface area contributed by atoms with Crippen LogP contribution in [0.3, 0.4) is 0 Å². The SMILES string of the molecule is COc1ccc(C2CCN(C(=O)ON3C(=O)C4CNCC(CC5CCNCC5)N4C3=O)CC2)cc1. The molecule has 35 heavy (non-hydrogen) atoms. The van der Waals surface area contributed by atoms with E-state index < -0.39 is 24.1 Å². The molecule has 10 heteroatoms. The van der Waals surface area contributed by atoms with E-state index in [-0.39, 0.29) is 6.04 Å². The number of fused-ring (bicyclic) bond motifs is 1. The highest BCUT2D eigenvalue weighted by Gasteiger charge is 2.52. The third-order valence-corrected chi connectivity index (χ3v) is 7.90. The van der Waals surface area contributed by atoms with E-state index in [1.807, 2.05) is 12.1 Å². The minimum atomic E-state index is -0.636. The van der Waals surface area contributed by atoms with Crippen molar-refractivity contribution in [1.82, 2.24) is 25.5 Å². The predicted octanol–water partition coefficient (Wildman–Crippen LogP) is 1.92. The first-order chi connectivity index (χ1) is 17.0. The fourth-order valence-corrected chi connectivity index (χ4v) is 5.86. The number of benzene rings is 1. The minimum Gasteiger partial charge on any atom is -0.497 e. The van der Waals surface area contributed by atoms with Crippen LogP contribution in [-0.4, -0.2) is 91.4 Å². The highest BCUT2D eigenvalue weighted by atomic mass is 16.7. The molecule has 2 N–H and O–H groups in total. The Morgan fingerprint density at radius 2 is 1.71 bits per heavy atom. The molecule has 4 heterocycles. The maximum Gasteiger partial charge on any atom is 0.434 e. The molecule has 0 bridgehead atoms. The number of ether oxygens (including phenoxy) is 1. The molecule has 4 saturated heterocycles. The maximum atomic E-state index is 13.2. The van der Waals surface area contributed by atoms with Gasteiger partial charge in [-0.25, -0.2) is 9.59 Å². The van der Waals surface area contributed by atoms with Gasteiger partial charge in [0, 0.05) is 32.2 Å². The van der Waals surface area contributed by atoms with Crippen molar-refractivity contribution in [2.24, 2.45) is 5.92 Å². The lowest BCUT2D eigenvalue weighted by atomic mass is 9.89. The summed E-state index contributed by atoms with van der Waals surface area (Å²) in [6.45, 7) is 4.03. The molecule has 5 rings (SSSR count). The largest absolute Gasteiger partial charge is 0.497 e. The van der Waals surface area contributed by atoms with E-state index in [1.54, 1.807) is 16.9 Å². The number of likely N-dealkylation sites (tertiary alicyclic amines) is 1. The number of hydrogen-bond donors (Lipinski definition) is 2. The monoisotopic (exact) mass is 485 g/mol. The number of methoxy groups -OCH3 is 1. The molecular weight excluding hydrogens is 450 g/mol. The van der Waals surface area contributed by atoms with Gasteiger partial charge < -0.3 is 30.0 Å². The van der Waals surface area contributed by atoms with Gasteiger partial charge in [-0.05, 0) is 74.7 Å². The summed E-state index contributed by atoms with van der Waals surface area (Å²) in [6.07, 6.45) is 3.94. The topological polar surface area (TPSA) is 103 Å². The standard InChI is InChI=1S/C25H35N5O5/c1-34-21-4-2-18(3-5-21)19-8-12-28(13-9-19)25(33)35-30-23(31)22-16-27-15-20(29(22)24(30)32)14-17-6-10-26-11-7-17/h2-5,17,19-20,22,26-27H,6-16H2,1H3. The first kappa shape index (κ1) is 23.9. The van der Waals surface area contributed by atoms with E-state index in [0.717, 1.165) is 50.9 Å². The summed E-state index contributed by atoms with van der Waals surface area (Å²) in [4.78, 5) is 47.7. The molecule has 4 aliphatic heterocycles. The molecule has 0 aromatic heterocycles. The van der Waals surface area contributed by atoms with Crippen molar-refractivity contribution < 1.29 is 24.0 Å². The van der Waals surface area contributed by atoms with Crippen LogP contribution in [0, 0.1) is 5.92 Å². The Balaban J connectivity index is 1.17. The van der Waals surface area contributed by atoms with E-state index in [9.17, 15) is 14.4 Å². The first-order valence-corrected chi connectivity index (χ1v) is 12.7. The summed E-state index contributed by atoms with van der Waals surface area (Å²) in [5, 5.41) is 7.36. The summed E-state index contributed by atoms with van der Waals surface area (Å²) in [6, 6.07) is 6.81. The van der Waals surface area contributed by atoms with Crippen molar-refractivity contribution in [3.8, 4) is 5.75 Å². The zero-order valence-electron chi connectivity index (χ0n) is 20.3. The summed E-state index contributed by atoms with van der Waals surface area (Å²) in [7, 11) is 1.64. The molecular formula is C25H35N5O5. The molecule has 0 radical (unpaired) electrons. The average molecular weight is 486 g/mol. The van der Waals surface area contributed by atoms with Gasteiger partial charge in [0.25, 0.3) is 5.91 Å². The second-order valence-electron chi connectivity index (χ2n) is 9.97. The van der Waals surface area contributed by atoms with Crippen molar-refractivity contribution in [3.63, 3.8) is 0 Å².